The number of amides is 1. The average Bonchev–Trinajstić information content (AvgIpc) is 2.93. The zero-order chi connectivity index (χ0) is 15.4. The Kier molecular flexibility index (Phi) is 4.09. The molecule has 22 heavy (non-hydrogen) atoms. The maximum atomic E-state index is 12.1. The second kappa shape index (κ2) is 6.34. The highest BCUT2D eigenvalue weighted by atomic mass is 16.1. The molecule has 3 rings (SSSR count). The lowest BCUT2D eigenvalue weighted by atomic mass is 10.1. The van der Waals surface area contributed by atoms with E-state index in [2.05, 4.69) is 20.6 Å². The molecule has 0 bridgehead atoms. The Morgan fingerprint density at radius 2 is 2.18 bits per heavy atom. The van der Waals surface area contributed by atoms with E-state index in [1.807, 2.05) is 31.3 Å². The maximum absolute atomic E-state index is 12.1. The Bertz CT molecular complexity index is 782. The zero-order valence-corrected chi connectivity index (χ0v) is 12.4. The quantitative estimate of drug-likeness (QED) is 0.728. The second-order valence-corrected chi connectivity index (χ2v) is 5.10. The summed E-state index contributed by atoms with van der Waals surface area (Å²) in [6, 6.07) is 11.3. The van der Waals surface area contributed by atoms with E-state index in [4.69, 9.17) is 0 Å². The van der Waals surface area contributed by atoms with E-state index >= 15 is 0 Å². The summed E-state index contributed by atoms with van der Waals surface area (Å²) in [5.41, 5.74) is 3.28. The van der Waals surface area contributed by atoms with E-state index < -0.39 is 0 Å². The van der Waals surface area contributed by atoms with Gasteiger partial charge in [-0.1, -0.05) is 11.3 Å². The molecule has 6 nitrogen and oxygen atoms in total. The van der Waals surface area contributed by atoms with Crippen LogP contribution in [0.2, 0.25) is 0 Å². The minimum atomic E-state index is -0.0893. The third-order valence-corrected chi connectivity index (χ3v) is 3.49. The van der Waals surface area contributed by atoms with Crippen LogP contribution in [0.15, 0.2) is 42.6 Å². The van der Waals surface area contributed by atoms with E-state index in [1.165, 1.54) is 0 Å². The summed E-state index contributed by atoms with van der Waals surface area (Å²) in [6.07, 6.45) is 3.49. The van der Waals surface area contributed by atoms with Crippen LogP contribution in [0.25, 0.3) is 11.0 Å². The number of carbonyl (C=O) groups excluding carboxylic acids is 1. The van der Waals surface area contributed by atoms with Crippen LogP contribution in [0.3, 0.4) is 0 Å². The Balaban J connectivity index is 1.54. The van der Waals surface area contributed by atoms with Gasteiger partial charge in [-0.05, 0) is 43.2 Å². The molecule has 3 aromatic rings. The van der Waals surface area contributed by atoms with Crippen molar-refractivity contribution in [2.24, 2.45) is 7.05 Å². The number of hydrogen-bond acceptors (Lipinski definition) is 4. The summed E-state index contributed by atoms with van der Waals surface area (Å²) >= 11 is 0. The highest BCUT2D eigenvalue weighted by Crippen LogP contribution is 2.12. The van der Waals surface area contributed by atoms with Crippen LogP contribution in [-0.4, -0.2) is 32.4 Å². The molecule has 112 valence electrons. The fourth-order valence-electron chi connectivity index (χ4n) is 2.30. The van der Waals surface area contributed by atoms with Crippen molar-refractivity contribution in [2.45, 2.75) is 12.8 Å². The largest absolute Gasteiger partial charge is 0.352 e. The SMILES string of the molecule is Cn1nnc2cc(C(=O)NCCCc3ccccn3)ccc21. The van der Waals surface area contributed by atoms with Gasteiger partial charge in [0.2, 0.25) is 0 Å². The minimum Gasteiger partial charge on any atom is -0.352 e. The molecular formula is C16H17N5O. The number of benzene rings is 1. The van der Waals surface area contributed by atoms with Crippen LogP contribution in [0.5, 0.6) is 0 Å². The van der Waals surface area contributed by atoms with Crippen molar-refractivity contribution < 1.29 is 4.79 Å². The lowest BCUT2D eigenvalue weighted by Gasteiger charge is -2.05. The van der Waals surface area contributed by atoms with Crippen molar-refractivity contribution in [1.29, 1.82) is 0 Å². The molecule has 0 saturated carbocycles. The molecule has 0 aliphatic heterocycles. The van der Waals surface area contributed by atoms with Gasteiger partial charge in [-0.25, -0.2) is 4.68 Å². The van der Waals surface area contributed by atoms with E-state index in [0.29, 0.717) is 12.1 Å². The van der Waals surface area contributed by atoms with Gasteiger partial charge >= 0.3 is 0 Å². The summed E-state index contributed by atoms with van der Waals surface area (Å²) in [5, 5.41) is 10.9. The minimum absolute atomic E-state index is 0.0893. The van der Waals surface area contributed by atoms with Gasteiger partial charge in [0.25, 0.3) is 5.91 Å². The van der Waals surface area contributed by atoms with Gasteiger partial charge in [-0.15, -0.1) is 5.10 Å². The number of nitrogens with zero attached hydrogens (tertiary/aromatic N) is 4. The predicted octanol–water partition coefficient (Wildman–Crippen LogP) is 1.73. The molecule has 0 fully saturated rings. The van der Waals surface area contributed by atoms with Crippen LogP contribution >= 0.6 is 0 Å². The van der Waals surface area contributed by atoms with Crippen LogP contribution in [0.4, 0.5) is 0 Å². The van der Waals surface area contributed by atoms with Gasteiger partial charge in [0.1, 0.15) is 5.52 Å². The molecule has 0 radical (unpaired) electrons. The van der Waals surface area contributed by atoms with Crippen LogP contribution in [0.1, 0.15) is 22.5 Å². The highest BCUT2D eigenvalue weighted by molar-refractivity contribution is 5.97. The summed E-state index contributed by atoms with van der Waals surface area (Å²) in [6.45, 7) is 0.619. The first-order chi connectivity index (χ1) is 10.7. The highest BCUT2D eigenvalue weighted by Gasteiger charge is 2.08. The molecule has 1 aromatic carbocycles. The number of aromatic nitrogens is 4. The lowest BCUT2D eigenvalue weighted by Crippen LogP contribution is -2.24. The molecule has 0 spiro atoms. The van der Waals surface area contributed by atoms with Gasteiger partial charge in [-0.2, -0.15) is 0 Å². The van der Waals surface area contributed by atoms with Gasteiger partial charge in [0, 0.05) is 31.0 Å². The van der Waals surface area contributed by atoms with Crippen molar-refractivity contribution in [2.75, 3.05) is 6.54 Å². The van der Waals surface area contributed by atoms with Crippen molar-refractivity contribution in [3.8, 4) is 0 Å². The topological polar surface area (TPSA) is 72.7 Å². The summed E-state index contributed by atoms with van der Waals surface area (Å²) in [4.78, 5) is 16.4. The molecule has 0 saturated heterocycles. The molecule has 0 aliphatic carbocycles. The van der Waals surface area contributed by atoms with E-state index in [1.54, 1.807) is 23.0 Å². The van der Waals surface area contributed by atoms with Gasteiger partial charge in [0.15, 0.2) is 0 Å². The number of fused-ring (bicyclic) bond motifs is 1. The number of rotatable bonds is 5. The average molecular weight is 295 g/mol. The smallest absolute Gasteiger partial charge is 0.251 e. The molecular weight excluding hydrogens is 278 g/mol. The maximum Gasteiger partial charge on any atom is 0.251 e. The van der Waals surface area contributed by atoms with Crippen molar-refractivity contribution in [1.82, 2.24) is 25.3 Å². The zero-order valence-electron chi connectivity index (χ0n) is 12.4. The first-order valence-corrected chi connectivity index (χ1v) is 7.21. The number of aryl methyl sites for hydroxylation is 2. The molecule has 1 amide bonds. The predicted molar refractivity (Wildman–Crippen MR) is 83.4 cm³/mol. The third-order valence-electron chi connectivity index (χ3n) is 3.49. The van der Waals surface area contributed by atoms with E-state index in [9.17, 15) is 4.79 Å². The first-order valence-electron chi connectivity index (χ1n) is 7.21. The van der Waals surface area contributed by atoms with Gasteiger partial charge in [-0.3, -0.25) is 9.78 Å². The van der Waals surface area contributed by atoms with Crippen LogP contribution in [0, 0.1) is 0 Å². The number of carbonyl (C=O) groups is 1. The third kappa shape index (κ3) is 3.11. The van der Waals surface area contributed by atoms with Crippen LogP contribution < -0.4 is 5.32 Å². The molecule has 2 heterocycles. The first kappa shape index (κ1) is 14.2. The standard InChI is InChI=1S/C16H17N5O/c1-21-15-8-7-12(11-14(15)19-20-21)16(22)18-10-4-6-13-5-2-3-9-17-13/h2-3,5,7-9,11H,4,6,10H2,1H3,(H,18,22). The molecule has 6 heteroatoms. The van der Waals surface area contributed by atoms with E-state index in [-0.39, 0.29) is 5.91 Å². The fraction of sp³-hybridized carbons (Fsp3) is 0.250. The summed E-state index contributed by atoms with van der Waals surface area (Å²) < 4.78 is 1.68. The van der Waals surface area contributed by atoms with Crippen LogP contribution in [-0.2, 0) is 13.5 Å². The molecule has 2 aromatic heterocycles. The Hall–Kier alpha value is -2.76. The molecule has 0 atom stereocenters. The van der Waals surface area contributed by atoms with Gasteiger partial charge in [0.05, 0.1) is 5.52 Å². The Morgan fingerprint density at radius 3 is 3.00 bits per heavy atom. The van der Waals surface area contributed by atoms with Crippen molar-refractivity contribution >= 4 is 16.9 Å². The molecule has 1 N–H and O–H groups in total. The number of pyridine rings is 1. The number of hydrogen-bond donors (Lipinski definition) is 1. The summed E-state index contributed by atoms with van der Waals surface area (Å²) in [7, 11) is 1.83. The molecule has 0 aliphatic rings. The number of nitrogens with one attached hydrogen (secondary N) is 1. The lowest BCUT2D eigenvalue weighted by molar-refractivity contribution is 0.0953. The summed E-state index contributed by atoms with van der Waals surface area (Å²) in [5.74, 6) is -0.0893. The fourth-order valence-corrected chi connectivity index (χ4v) is 2.30. The monoisotopic (exact) mass is 295 g/mol. The van der Waals surface area contributed by atoms with Crippen molar-refractivity contribution in [3.05, 3.63) is 53.9 Å². The Morgan fingerprint density at radius 1 is 1.27 bits per heavy atom. The normalized spacial score (nSPS) is 10.8. The van der Waals surface area contributed by atoms with Gasteiger partial charge < -0.3 is 5.32 Å². The van der Waals surface area contributed by atoms with E-state index in [0.717, 1.165) is 29.6 Å². The Labute approximate surface area is 128 Å². The second-order valence-electron chi connectivity index (χ2n) is 5.10. The molecule has 0 unspecified atom stereocenters. The van der Waals surface area contributed by atoms with Crippen molar-refractivity contribution in [3.63, 3.8) is 0 Å².